The summed E-state index contributed by atoms with van der Waals surface area (Å²) >= 11 is 0. The maximum atomic E-state index is 12.5. The molecule has 0 aliphatic rings. The van der Waals surface area contributed by atoms with Gasteiger partial charge in [0.05, 0.1) is 18.8 Å². The van der Waals surface area contributed by atoms with Gasteiger partial charge in [0.25, 0.3) is 0 Å². The Morgan fingerprint density at radius 1 is 0.338 bits per heavy atom. The van der Waals surface area contributed by atoms with Crippen molar-refractivity contribution in [3.05, 3.63) is 36.5 Å². The molecule has 0 aliphatic carbocycles. The fourth-order valence-corrected chi connectivity index (χ4v) is 10.4. The van der Waals surface area contributed by atoms with Gasteiger partial charge in [0.1, 0.15) is 0 Å². The second-order valence-corrected chi connectivity index (χ2v) is 22.5. The largest absolute Gasteiger partial charge is 0.394 e. The Kier molecular flexibility index (Phi) is 61.7. The summed E-state index contributed by atoms with van der Waals surface area (Å²) in [6, 6.07) is -0.537. The van der Waals surface area contributed by atoms with Gasteiger partial charge in [-0.1, -0.05) is 346 Å². The number of nitrogens with one attached hydrogen (secondary N) is 1. The van der Waals surface area contributed by atoms with Crippen LogP contribution in [0.5, 0.6) is 0 Å². The first-order valence-electron chi connectivity index (χ1n) is 32.7. The van der Waals surface area contributed by atoms with Crippen LogP contribution in [0.4, 0.5) is 0 Å². The van der Waals surface area contributed by atoms with E-state index in [1.807, 2.05) is 0 Å². The van der Waals surface area contributed by atoms with Crippen LogP contribution in [0.3, 0.4) is 0 Å². The summed E-state index contributed by atoms with van der Waals surface area (Å²) in [6.07, 6.45) is 86.0. The minimum absolute atomic E-state index is 0.0252. The highest BCUT2D eigenvalue weighted by Gasteiger charge is 2.20. The maximum Gasteiger partial charge on any atom is 0.220 e. The van der Waals surface area contributed by atoms with Crippen molar-refractivity contribution in [2.45, 2.75) is 379 Å². The molecule has 0 heterocycles. The minimum Gasteiger partial charge on any atom is -0.394 e. The zero-order valence-electron chi connectivity index (χ0n) is 48.5. The van der Waals surface area contributed by atoms with E-state index in [9.17, 15) is 15.0 Å². The van der Waals surface area contributed by atoms with Gasteiger partial charge in [-0.3, -0.25) is 4.79 Å². The first-order valence-corrected chi connectivity index (χ1v) is 32.7. The maximum absolute atomic E-state index is 12.5. The number of unbranched alkanes of at least 4 members (excludes halogenated alkanes) is 48. The predicted molar refractivity (Wildman–Crippen MR) is 318 cm³/mol. The molecule has 0 aromatic carbocycles. The zero-order chi connectivity index (χ0) is 51.3. The number of rotatable bonds is 61. The van der Waals surface area contributed by atoms with Crippen molar-refractivity contribution in [2.75, 3.05) is 6.61 Å². The van der Waals surface area contributed by atoms with E-state index in [2.05, 4.69) is 55.6 Å². The van der Waals surface area contributed by atoms with Crippen molar-refractivity contribution in [3.63, 3.8) is 0 Å². The Hall–Kier alpha value is -1.39. The Bertz CT molecular complexity index is 1080. The lowest BCUT2D eigenvalue weighted by molar-refractivity contribution is -0.123. The number of carbonyl (C=O) groups excluding carboxylic acids is 1. The fourth-order valence-electron chi connectivity index (χ4n) is 10.4. The van der Waals surface area contributed by atoms with Gasteiger partial charge in [0, 0.05) is 6.42 Å². The predicted octanol–water partition coefficient (Wildman–Crippen LogP) is 22.0. The van der Waals surface area contributed by atoms with E-state index in [1.165, 1.54) is 302 Å². The monoisotopic (exact) mass is 996 g/mol. The Labute approximate surface area is 446 Å². The van der Waals surface area contributed by atoms with Crippen LogP contribution < -0.4 is 5.32 Å². The lowest BCUT2D eigenvalue weighted by atomic mass is 10.0. The topological polar surface area (TPSA) is 69.6 Å². The summed E-state index contributed by atoms with van der Waals surface area (Å²) in [5, 5.41) is 23.4. The lowest BCUT2D eigenvalue weighted by Gasteiger charge is -2.22. The van der Waals surface area contributed by atoms with Crippen molar-refractivity contribution in [3.8, 4) is 0 Å². The number of aliphatic hydroxyl groups is 2. The first kappa shape index (κ1) is 69.6. The van der Waals surface area contributed by atoms with E-state index < -0.39 is 12.1 Å². The third-order valence-electron chi connectivity index (χ3n) is 15.4. The number of hydrogen-bond donors (Lipinski definition) is 3. The molecule has 0 spiro atoms. The van der Waals surface area contributed by atoms with Gasteiger partial charge in [-0.2, -0.15) is 0 Å². The Morgan fingerprint density at radius 2 is 0.577 bits per heavy atom. The van der Waals surface area contributed by atoms with E-state index in [-0.39, 0.29) is 12.5 Å². The molecule has 2 unspecified atom stereocenters. The van der Waals surface area contributed by atoms with E-state index in [4.69, 9.17) is 0 Å². The molecule has 1 amide bonds. The number of hydrogen-bond acceptors (Lipinski definition) is 3. The highest BCUT2D eigenvalue weighted by atomic mass is 16.3. The molecule has 2 atom stereocenters. The smallest absolute Gasteiger partial charge is 0.220 e. The number of carbonyl (C=O) groups is 1. The summed E-state index contributed by atoms with van der Waals surface area (Å²) in [5.74, 6) is -0.0252. The molecule has 0 saturated heterocycles. The quantitative estimate of drug-likeness (QED) is 0.0420. The minimum atomic E-state index is -0.661. The van der Waals surface area contributed by atoms with Crippen LogP contribution >= 0.6 is 0 Å². The molecule has 0 rings (SSSR count). The van der Waals surface area contributed by atoms with Gasteiger partial charge < -0.3 is 15.5 Å². The number of amides is 1. The van der Waals surface area contributed by atoms with Gasteiger partial charge in [-0.05, 0) is 51.4 Å². The van der Waals surface area contributed by atoms with Gasteiger partial charge in [-0.25, -0.2) is 0 Å². The summed E-state index contributed by atoms with van der Waals surface area (Å²) in [7, 11) is 0. The lowest BCUT2D eigenvalue weighted by Crippen LogP contribution is -2.45. The molecule has 0 saturated carbocycles. The van der Waals surface area contributed by atoms with Gasteiger partial charge in [-0.15, -0.1) is 0 Å². The van der Waals surface area contributed by atoms with E-state index in [0.29, 0.717) is 12.8 Å². The second kappa shape index (κ2) is 62.9. The third kappa shape index (κ3) is 59.4. The summed E-state index contributed by atoms with van der Waals surface area (Å²) in [4.78, 5) is 12.5. The van der Waals surface area contributed by atoms with Gasteiger partial charge in [0.2, 0.25) is 5.91 Å². The molecular formula is C67H129NO3. The highest BCUT2D eigenvalue weighted by molar-refractivity contribution is 5.76. The average molecular weight is 997 g/mol. The van der Waals surface area contributed by atoms with Crippen LogP contribution in [0, 0.1) is 0 Å². The Balaban J connectivity index is 3.41. The van der Waals surface area contributed by atoms with E-state index >= 15 is 0 Å². The standard InChI is InChI=1S/C67H129NO3/c1-3-5-7-9-11-13-15-17-19-21-23-25-27-29-31-33-34-35-37-39-41-43-45-47-49-51-53-55-57-59-61-63-67(71)68-65(64-69)66(70)62-60-58-56-54-52-50-48-46-44-42-40-38-36-32-30-28-26-24-22-20-18-16-14-12-10-8-6-4-2/h15,17,21,23,27,29,65-66,69-70H,3-14,16,18-20,22,24-26,28,30-64H2,1-2H3,(H,68,71)/b17-15-,23-21-,29-27-. The average Bonchev–Trinajstić information content (AvgIpc) is 3.37. The summed E-state index contributed by atoms with van der Waals surface area (Å²) in [6.45, 7) is 4.39. The zero-order valence-corrected chi connectivity index (χ0v) is 48.5. The van der Waals surface area contributed by atoms with Crippen LogP contribution in [-0.2, 0) is 4.79 Å². The van der Waals surface area contributed by atoms with Crippen LogP contribution in [-0.4, -0.2) is 34.9 Å². The van der Waals surface area contributed by atoms with Crippen molar-refractivity contribution in [1.82, 2.24) is 5.32 Å². The first-order chi connectivity index (χ1) is 35.2. The van der Waals surface area contributed by atoms with E-state index in [1.54, 1.807) is 0 Å². The van der Waals surface area contributed by atoms with Crippen LogP contribution in [0.2, 0.25) is 0 Å². The third-order valence-corrected chi connectivity index (χ3v) is 15.4. The molecule has 0 fully saturated rings. The molecule has 4 heteroatoms. The molecule has 0 aromatic rings. The number of aliphatic hydroxyl groups excluding tert-OH is 2. The Morgan fingerprint density at radius 3 is 0.859 bits per heavy atom. The number of allylic oxidation sites excluding steroid dienone is 6. The molecule has 420 valence electrons. The van der Waals surface area contributed by atoms with Crippen LogP contribution in [0.25, 0.3) is 0 Å². The van der Waals surface area contributed by atoms with Crippen molar-refractivity contribution < 1.29 is 15.0 Å². The molecule has 3 N–H and O–H groups in total. The second-order valence-electron chi connectivity index (χ2n) is 22.5. The van der Waals surface area contributed by atoms with Crippen molar-refractivity contribution >= 4 is 5.91 Å². The SMILES string of the molecule is CCCCCCC/C=C\C/C=C\C/C=C\CCCCCCCCCCCCCCCCCCC(=O)NC(CO)C(O)CCCCCCCCCCCCCCCCCCCCCCCCCCCCCC. The van der Waals surface area contributed by atoms with Crippen molar-refractivity contribution in [1.29, 1.82) is 0 Å². The summed E-state index contributed by atoms with van der Waals surface area (Å²) in [5.41, 5.74) is 0. The summed E-state index contributed by atoms with van der Waals surface area (Å²) < 4.78 is 0. The van der Waals surface area contributed by atoms with Crippen LogP contribution in [0.15, 0.2) is 36.5 Å². The molecule has 0 aromatic heterocycles. The fraction of sp³-hybridized carbons (Fsp3) is 0.896. The molecule has 0 bridgehead atoms. The molecule has 0 radical (unpaired) electrons. The van der Waals surface area contributed by atoms with Gasteiger partial charge in [0.15, 0.2) is 0 Å². The van der Waals surface area contributed by atoms with E-state index in [0.717, 1.165) is 38.5 Å². The normalized spacial score (nSPS) is 12.9. The van der Waals surface area contributed by atoms with Crippen molar-refractivity contribution in [2.24, 2.45) is 0 Å². The molecule has 71 heavy (non-hydrogen) atoms. The van der Waals surface area contributed by atoms with Gasteiger partial charge >= 0.3 is 0 Å². The highest BCUT2D eigenvalue weighted by Crippen LogP contribution is 2.19. The molecular weight excluding hydrogens is 867 g/mol. The molecule has 4 nitrogen and oxygen atoms in total. The van der Waals surface area contributed by atoms with Crippen LogP contribution in [0.1, 0.15) is 367 Å². The molecule has 0 aliphatic heterocycles.